The van der Waals surface area contributed by atoms with E-state index in [9.17, 15) is 13.6 Å². The van der Waals surface area contributed by atoms with Crippen LogP contribution in [0.15, 0.2) is 28.8 Å². The molecule has 1 heterocycles. The lowest BCUT2D eigenvalue weighted by atomic mass is 10.0. The molecule has 0 bridgehead atoms. The fraction of sp³-hybridized carbons (Fsp3) is 0.357. The van der Waals surface area contributed by atoms with Crippen molar-refractivity contribution in [1.29, 1.82) is 0 Å². The molecule has 0 fully saturated rings. The number of hydrogen-bond acceptors (Lipinski definition) is 4. The summed E-state index contributed by atoms with van der Waals surface area (Å²) in [5.74, 6) is -0.625. The first-order valence-corrected chi connectivity index (χ1v) is 6.21. The van der Waals surface area contributed by atoms with Gasteiger partial charge in [-0.2, -0.15) is 4.98 Å². The van der Waals surface area contributed by atoms with Gasteiger partial charge in [-0.1, -0.05) is 43.3 Å². The lowest BCUT2D eigenvalue weighted by Gasteiger charge is -2.04. The van der Waals surface area contributed by atoms with E-state index in [1.54, 1.807) is 0 Å². The molecule has 0 aliphatic rings. The molecule has 0 atom stereocenters. The summed E-state index contributed by atoms with van der Waals surface area (Å²) in [7, 11) is 0. The second-order valence-electron chi connectivity index (χ2n) is 4.73. The maximum atomic E-state index is 12.1. The number of carbonyl (C=O) groups is 1. The number of nitrogens with zero attached hydrogens (tertiary/aromatic N) is 2. The molecular weight excluding hydrogens is 266 g/mol. The SMILES string of the molecule is CC(C)c1ccc(-c2noc(CC(=O)C(F)F)n2)cc1. The second-order valence-corrected chi connectivity index (χ2v) is 4.73. The first kappa shape index (κ1) is 14.3. The highest BCUT2D eigenvalue weighted by molar-refractivity contribution is 5.83. The minimum atomic E-state index is -3.02. The molecule has 0 unspecified atom stereocenters. The summed E-state index contributed by atoms with van der Waals surface area (Å²) >= 11 is 0. The molecule has 0 amide bonds. The third-order valence-electron chi connectivity index (χ3n) is 2.87. The summed E-state index contributed by atoms with van der Waals surface area (Å²) in [6.07, 6.45) is -3.56. The molecule has 1 aromatic carbocycles. The Morgan fingerprint density at radius 3 is 2.45 bits per heavy atom. The van der Waals surface area contributed by atoms with Crippen LogP contribution in [0.25, 0.3) is 11.4 Å². The molecule has 2 aromatic rings. The van der Waals surface area contributed by atoms with E-state index in [0.717, 1.165) is 0 Å². The van der Waals surface area contributed by atoms with Gasteiger partial charge in [-0.05, 0) is 11.5 Å². The van der Waals surface area contributed by atoms with E-state index < -0.39 is 18.6 Å². The lowest BCUT2D eigenvalue weighted by Crippen LogP contribution is -2.12. The highest BCUT2D eigenvalue weighted by atomic mass is 19.3. The van der Waals surface area contributed by atoms with Crippen molar-refractivity contribution in [3.63, 3.8) is 0 Å². The van der Waals surface area contributed by atoms with Crippen LogP contribution in [0, 0.1) is 0 Å². The molecule has 1 aromatic heterocycles. The molecule has 2 rings (SSSR count). The van der Waals surface area contributed by atoms with Crippen molar-refractivity contribution in [2.24, 2.45) is 0 Å². The summed E-state index contributed by atoms with van der Waals surface area (Å²) in [5, 5.41) is 3.69. The van der Waals surface area contributed by atoms with Gasteiger partial charge < -0.3 is 4.52 Å². The van der Waals surface area contributed by atoms with Crippen LogP contribution in [-0.2, 0) is 11.2 Å². The average Bonchev–Trinajstić information content (AvgIpc) is 2.87. The van der Waals surface area contributed by atoms with Crippen LogP contribution < -0.4 is 0 Å². The van der Waals surface area contributed by atoms with Crippen LogP contribution in [0.2, 0.25) is 0 Å². The zero-order chi connectivity index (χ0) is 14.7. The molecule has 0 saturated carbocycles. The van der Waals surface area contributed by atoms with Gasteiger partial charge >= 0.3 is 0 Å². The summed E-state index contributed by atoms with van der Waals surface area (Å²) in [6, 6.07) is 7.55. The second kappa shape index (κ2) is 5.90. The molecule has 20 heavy (non-hydrogen) atoms. The molecule has 0 aliphatic carbocycles. The molecule has 6 heteroatoms. The number of carbonyl (C=O) groups excluding carboxylic acids is 1. The van der Waals surface area contributed by atoms with Crippen LogP contribution in [0.3, 0.4) is 0 Å². The van der Waals surface area contributed by atoms with Gasteiger partial charge in [-0.25, -0.2) is 8.78 Å². The van der Waals surface area contributed by atoms with E-state index in [2.05, 4.69) is 24.0 Å². The third-order valence-corrected chi connectivity index (χ3v) is 2.87. The number of rotatable bonds is 5. The Morgan fingerprint density at radius 2 is 1.90 bits per heavy atom. The van der Waals surface area contributed by atoms with Gasteiger partial charge in [0.25, 0.3) is 6.43 Å². The van der Waals surface area contributed by atoms with Crippen LogP contribution in [-0.4, -0.2) is 22.3 Å². The number of Topliss-reactive ketones (excluding diaryl/α,β-unsaturated/α-hetero) is 1. The molecular formula is C14H14F2N2O2. The number of ketones is 1. The maximum Gasteiger partial charge on any atom is 0.296 e. The summed E-state index contributed by atoms with van der Waals surface area (Å²) < 4.78 is 29.1. The van der Waals surface area contributed by atoms with E-state index in [1.807, 2.05) is 24.3 Å². The van der Waals surface area contributed by atoms with Gasteiger partial charge in [0.2, 0.25) is 17.5 Å². The number of aromatic nitrogens is 2. The van der Waals surface area contributed by atoms with Crippen LogP contribution in [0.1, 0.15) is 31.2 Å². The molecule has 0 N–H and O–H groups in total. The summed E-state index contributed by atoms with van der Waals surface area (Å²) in [4.78, 5) is 14.8. The average molecular weight is 280 g/mol. The fourth-order valence-electron chi connectivity index (χ4n) is 1.69. The van der Waals surface area contributed by atoms with Crippen molar-refractivity contribution in [3.05, 3.63) is 35.7 Å². The summed E-state index contributed by atoms with van der Waals surface area (Å²) in [5.41, 5.74) is 1.89. The maximum absolute atomic E-state index is 12.1. The van der Waals surface area contributed by atoms with Crippen molar-refractivity contribution in [2.45, 2.75) is 32.6 Å². The minimum Gasteiger partial charge on any atom is -0.338 e. The number of alkyl halides is 2. The van der Waals surface area contributed by atoms with Crippen LogP contribution >= 0.6 is 0 Å². The molecule has 0 saturated heterocycles. The topological polar surface area (TPSA) is 56.0 Å². The molecule has 0 radical (unpaired) electrons. The molecule has 4 nitrogen and oxygen atoms in total. The van der Waals surface area contributed by atoms with Crippen molar-refractivity contribution in [3.8, 4) is 11.4 Å². The van der Waals surface area contributed by atoms with Gasteiger partial charge in [0, 0.05) is 5.56 Å². The number of benzene rings is 1. The van der Waals surface area contributed by atoms with Crippen LogP contribution in [0.4, 0.5) is 8.78 Å². The van der Waals surface area contributed by atoms with E-state index >= 15 is 0 Å². The fourth-order valence-corrected chi connectivity index (χ4v) is 1.69. The largest absolute Gasteiger partial charge is 0.338 e. The zero-order valence-corrected chi connectivity index (χ0v) is 11.1. The predicted octanol–water partition coefficient (Wildman–Crippen LogP) is 3.24. The van der Waals surface area contributed by atoms with E-state index in [-0.39, 0.29) is 11.7 Å². The quantitative estimate of drug-likeness (QED) is 0.843. The van der Waals surface area contributed by atoms with Gasteiger partial charge in [0.1, 0.15) is 0 Å². The zero-order valence-electron chi connectivity index (χ0n) is 11.1. The van der Waals surface area contributed by atoms with Gasteiger partial charge in [-0.3, -0.25) is 4.79 Å². The van der Waals surface area contributed by atoms with Crippen molar-refractivity contribution < 1.29 is 18.1 Å². The number of hydrogen-bond donors (Lipinski definition) is 0. The minimum absolute atomic E-state index is 0.0989. The monoisotopic (exact) mass is 280 g/mol. The van der Waals surface area contributed by atoms with Gasteiger partial charge in [-0.15, -0.1) is 0 Å². The highest BCUT2D eigenvalue weighted by Gasteiger charge is 2.19. The first-order valence-electron chi connectivity index (χ1n) is 6.21. The van der Waals surface area contributed by atoms with Crippen LogP contribution in [0.5, 0.6) is 0 Å². The Bertz CT molecular complexity index is 591. The Morgan fingerprint density at radius 1 is 1.25 bits per heavy atom. The molecule has 0 aliphatic heterocycles. The predicted molar refractivity (Wildman–Crippen MR) is 68.5 cm³/mol. The lowest BCUT2D eigenvalue weighted by molar-refractivity contribution is -0.129. The molecule has 106 valence electrons. The third kappa shape index (κ3) is 3.26. The van der Waals surface area contributed by atoms with Crippen molar-refractivity contribution in [1.82, 2.24) is 10.1 Å². The smallest absolute Gasteiger partial charge is 0.296 e. The summed E-state index contributed by atoms with van der Waals surface area (Å²) in [6.45, 7) is 4.16. The van der Waals surface area contributed by atoms with E-state index in [1.165, 1.54) is 5.56 Å². The Hall–Kier alpha value is -2.11. The Kier molecular flexibility index (Phi) is 4.22. The first-order chi connectivity index (χ1) is 9.47. The van der Waals surface area contributed by atoms with Gasteiger partial charge in [0.15, 0.2) is 0 Å². The Balaban J connectivity index is 2.14. The van der Waals surface area contributed by atoms with Crippen molar-refractivity contribution in [2.75, 3.05) is 0 Å². The van der Waals surface area contributed by atoms with E-state index in [0.29, 0.717) is 11.5 Å². The molecule has 0 spiro atoms. The van der Waals surface area contributed by atoms with Gasteiger partial charge in [0.05, 0.1) is 6.42 Å². The van der Waals surface area contributed by atoms with Crippen molar-refractivity contribution >= 4 is 5.78 Å². The number of halogens is 2. The Labute approximate surface area is 114 Å². The standard InChI is InChI=1S/C14H14F2N2O2/c1-8(2)9-3-5-10(6-4-9)14-17-12(20-18-14)7-11(19)13(15)16/h3-6,8,13H,7H2,1-2H3. The van der Waals surface area contributed by atoms with E-state index in [4.69, 9.17) is 4.52 Å². The normalized spacial score (nSPS) is 11.3. The highest BCUT2D eigenvalue weighted by Crippen LogP contribution is 2.20.